The van der Waals surface area contributed by atoms with Gasteiger partial charge >= 0.3 is 0 Å². The van der Waals surface area contributed by atoms with Gasteiger partial charge in [0.05, 0.1) is 10.6 Å². The van der Waals surface area contributed by atoms with Crippen molar-refractivity contribution < 1.29 is 14.0 Å². The summed E-state index contributed by atoms with van der Waals surface area (Å²) in [7, 11) is 0. The summed E-state index contributed by atoms with van der Waals surface area (Å²) in [6.45, 7) is 3.74. The summed E-state index contributed by atoms with van der Waals surface area (Å²) >= 11 is 1.41. The Morgan fingerprint density at radius 1 is 1.14 bits per heavy atom. The lowest BCUT2D eigenvalue weighted by atomic mass is 10.1. The molecule has 0 saturated heterocycles. The molecule has 0 atom stereocenters. The van der Waals surface area contributed by atoms with Gasteiger partial charge in [-0.05, 0) is 43.7 Å². The quantitative estimate of drug-likeness (QED) is 0.845. The lowest BCUT2D eigenvalue weighted by Crippen LogP contribution is -2.14. The highest BCUT2D eigenvalue weighted by Gasteiger charge is 2.12. The Balaban J connectivity index is 1.90. The molecule has 1 aromatic heterocycles. The van der Waals surface area contributed by atoms with Crippen molar-refractivity contribution in [1.29, 1.82) is 0 Å². The standard InChI is InChI=1S/C16H16FNO2S/c1-10-3-5-12(17)13(9-10)18-16(20)8-6-14(19)15-7-4-11(2)21-15/h3-5,7,9H,6,8H2,1-2H3,(H,18,20). The number of aryl methyl sites for hydroxylation is 2. The Morgan fingerprint density at radius 2 is 1.90 bits per heavy atom. The third kappa shape index (κ3) is 4.23. The molecule has 5 heteroatoms. The van der Waals surface area contributed by atoms with E-state index in [0.717, 1.165) is 10.4 Å². The fraction of sp³-hybridized carbons (Fsp3) is 0.250. The number of nitrogens with one attached hydrogen (secondary N) is 1. The third-order valence-corrected chi connectivity index (χ3v) is 4.03. The van der Waals surface area contributed by atoms with Gasteiger partial charge < -0.3 is 5.32 Å². The van der Waals surface area contributed by atoms with Gasteiger partial charge in [-0.15, -0.1) is 11.3 Å². The molecule has 0 fully saturated rings. The minimum Gasteiger partial charge on any atom is -0.324 e. The molecule has 0 radical (unpaired) electrons. The Kier molecular flexibility index (Phi) is 4.85. The zero-order valence-electron chi connectivity index (χ0n) is 11.9. The Labute approximate surface area is 126 Å². The fourth-order valence-electron chi connectivity index (χ4n) is 1.88. The normalized spacial score (nSPS) is 10.4. The fourth-order valence-corrected chi connectivity index (χ4v) is 2.72. The van der Waals surface area contributed by atoms with E-state index >= 15 is 0 Å². The summed E-state index contributed by atoms with van der Waals surface area (Å²) in [4.78, 5) is 25.4. The summed E-state index contributed by atoms with van der Waals surface area (Å²) in [5, 5.41) is 2.50. The van der Waals surface area contributed by atoms with E-state index in [1.54, 1.807) is 18.2 Å². The zero-order valence-corrected chi connectivity index (χ0v) is 12.7. The van der Waals surface area contributed by atoms with Gasteiger partial charge in [-0.1, -0.05) is 6.07 Å². The number of rotatable bonds is 5. The predicted molar refractivity (Wildman–Crippen MR) is 82.4 cm³/mol. The van der Waals surface area contributed by atoms with Gasteiger partial charge in [0, 0.05) is 17.7 Å². The second-order valence-electron chi connectivity index (χ2n) is 4.86. The van der Waals surface area contributed by atoms with Crippen molar-refractivity contribution in [2.75, 3.05) is 5.32 Å². The van der Waals surface area contributed by atoms with Crippen LogP contribution >= 0.6 is 11.3 Å². The highest BCUT2D eigenvalue weighted by atomic mass is 32.1. The minimum atomic E-state index is -0.478. The first kappa shape index (κ1) is 15.4. The molecule has 1 aromatic carbocycles. The van der Waals surface area contributed by atoms with Gasteiger partial charge in [0.15, 0.2) is 5.78 Å². The first-order valence-corrected chi connectivity index (χ1v) is 7.43. The van der Waals surface area contributed by atoms with Crippen molar-refractivity contribution in [3.63, 3.8) is 0 Å². The molecule has 0 bridgehead atoms. The average Bonchev–Trinajstić information content (AvgIpc) is 2.87. The van der Waals surface area contributed by atoms with E-state index in [9.17, 15) is 14.0 Å². The molecule has 0 spiro atoms. The van der Waals surface area contributed by atoms with Crippen LogP contribution < -0.4 is 5.32 Å². The summed E-state index contributed by atoms with van der Waals surface area (Å²) < 4.78 is 13.5. The second kappa shape index (κ2) is 6.63. The van der Waals surface area contributed by atoms with Crippen molar-refractivity contribution in [1.82, 2.24) is 0 Å². The number of carbonyl (C=O) groups is 2. The molecule has 1 amide bonds. The van der Waals surface area contributed by atoms with Crippen molar-refractivity contribution in [2.24, 2.45) is 0 Å². The molecule has 1 heterocycles. The van der Waals surface area contributed by atoms with Gasteiger partial charge in [-0.2, -0.15) is 0 Å². The number of amides is 1. The highest BCUT2D eigenvalue weighted by molar-refractivity contribution is 7.14. The number of anilines is 1. The Bertz CT molecular complexity index is 679. The number of hydrogen-bond donors (Lipinski definition) is 1. The number of thiophene rings is 1. The number of hydrogen-bond acceptors (Lipinski definition) is 3. The molecular formula is C16H16FNO2S. The van der Waals surface area contributed by atoms with Crippen molar-refractivity contribution in [3.05, 3.63) is 51.5 Å². The second-order valence-corrected chi connectivity index (χ2v) is 6.15. The summed E-state index contributed by atoms with van der Waals surface area (Å²) in [6.07, 6.45) is 0.169. The van der Waals surface area contributed by atoms with Crippen LogP contribution in [0.3, 0.4) is 0 Å². The maximum absolute atomic E-state index is 13.5. The monoisotopic (exact) mass is 305 g/mol. The average molecular weight is 305 g/mol. The van der Waals surface area contributed by atoms with E-state index in [-0.39, 0.29) is 30.2 Å². The molecular weight excluding hydrogens is 289 g/mol. The topological polar surface area (TPSA) is 46.2 Å². The molecule has 0 aliphatic rings. The van der Waals surface area contributed by atoms with Crippen molar-refractivity contribution >= 4 is 28.7 Å². The van der Waals surface area contributed by atoms with E-state index < -0.39 is 5.82 Å². The summed E-state index contributed by atoms with van der Waals surface area (Å²) in [5.74, 6) is -0.900. The number of carbonyl (C=O) groups excluding carboxylic acids is 2. The smallest absolute Gasteiger partial charge is 0.224 e. The maximum Gasteiger partial charge on any atom is 0.224 e. The lowest BCUT2D eigenvalue weighted by molar-refractivity contribution is -0.116. The molecule has 2 rings (SSSR count). The van der Waals surface area contributed by atoms with Crippen LogP contribution in [0.5, 0.6) is 0 Å². The van der Waals surface area contributed by atoms with Gasteiger partial charge in [-0.3, -0.25) is 9.59 Å². The summed E-state index contributed by atoms with van der Waals surface area (Å²) in [6, 6.07) is 8.15. The lowest BCUT2D eigenvalue weighted by Gasteiger charge is -2.06. The molecule has 2 aromatic rings. The van der Waals surface area contributed by atoms with E-state index in [4.69, 9.17) is 0 Å². The number of halogens is 1. The van der Waals surface area contributed by atoms with Gasteiger partial charge in [0.2, 0.25) is 5.91 Å². The van der Waals surface area contributed by atoms with Crippen LogP contribution in [-0.4, -0.2) is 11.7 Å². The van der Waals surface area contributed by atoms with Crippen LogP contribution in [-0.2, 0) is 4.79 Å². The number of Topliss-reactive ketones (excluding diaryl/α,β-unsaturated/α-hetero) is 1. The Morgan fingerprint density at radius 3 is 2.57 bits per heavy atom. The molecule has 0 aliphatic carbocycles. The van der Waals surface area contributed by atoms with E-state index in [0.29, 0.717) is 4.88 Å². The van der Waals surface area contributed by atoms with Gasteiger partial charge in [0.1, 0.15) is 5.82 Å². The zero-order chi connectivity index (χ0) is 15.4. The SMILES string of the molecule is Cc1ccc(F)c(NC(=O)CCC(=O)c2ccc(C)s2)c1. The largest absolute Gasteiger partial charge is 0.324 e. The maximum atomic E-state index is 13.5. The van der Waals surface area contributed by atoms with E-state index in [1.807, 2.05) is 19.9 Å². The molecule has 0 aliphatic heterocycles. The van der Waals surface area contributed by atoms with Crippen LogP contribution in [0, 0.1) is 19.7 Å². The predicted octanol–water partition coefficient (Wildman–Crippen LogP) is 4.11. The molecule has 0 unspecified atom stereocenters. The highest BCUT2D eigenvalue weighted by Crippen LogP contribution is 2.19. The van der Waals surface area contributed by atoms with Crippen LogP contribution in [0.25, 0.3) is 0 Å². The van der Waals surface area contributed by atoms with Crippen molar-refractivity contribution in [2.45, 2.75) is 26.7 Å². The molecule has 1 N–H and O–H groups in total. The van der Waals surface area contributed by atoms with Gasteiger partial charge in [0.25, 0.3) is 0 Å². The first-order chi connectivity index (χ1) is 9.95. The number of benzene rings is 1. The van der Waals surface area contributed by atoms with Crippen LogP contribution in [0.2, 0.25) is 0 Å². The minimum absolute atomic E-state index is 0.0448. The third-order valence-electron chi connectivity index (χ3n) is 2.99. The summed E-state index contributed by atoms with van der Waals surface area (Å²) in [5.41, 5.74) is 1.01. The first-order valence-electron chi connectivity index (χ1n) is 6.61. The molecule has 0 saturated carbocycles. The van der Waals surface area contributed by atoms with Crippen LogP contribution in [0.1, 0.15) is 33.0 Å². The van der Waals surface area contributed by atoms with E-state index in [1.165, 1.54) is 17.4 Å². The van der Waals surface area contributed by atoms with Gasteiger partial charge in [-0.25, -0.2) is 4.39 Å². The van der Waals surface area contributed by atoms with Crippen LogP contribution in [0.15, 0.2) is 30.3 Å². The number of ketones is 1. The van der Waals surface area contributed by atoms with Crippen molar-refractivity contribution in [3.8, 4) is 0 Å². The molecule has 21 heavy (non-hydrogen) atoms. The Hall–Kier alpha value is -2.01. The van der Waals surface area contributed by atoms with E-state index in [2.05, 4.69) is 5.32 Å². The van der Waals surface area contributed by atoms with Crippen LogP contribution in [0.4, 0.5) is 10.1 Å². The molecule has 3 nitrogen and oxygen atoms in total. The molecule has 110 valence electrons.